The molecule has 0 bridgehead atoms. The number of anilines is 5. The van der Waals surface area contributed by atoms with E-state index in [2.05, 4.69) is 117 Å². The lowest BCUT2D eigenvalue weighted by Crippen LogP contribution is -2.44. The van der Waals surface area contributed by atoms with E-state index in [1.807, 2.05) is 92.4 Å². The lowest BCUT2D eigenvalue weighted by Gasteiger charge is -2.34. The van der Waals surface area contributed by atoms with Crippen LogP contribution in [0.1, 0.15) is 98.5 Å². The van der Waals surface area contributed by atoms with Crippen molar-refractivity contribution in [3.8, 4) is 69.2 Å². The van der Waals surface area contributed by atoms with Crippen molar-refractivity contribution in [2.24, 2.45) is 9.98 Å². The highest BCUT2D eigenvalue weighted by atomic mass is 19.1. The number of hydrogen-bond donors (Lipinski definition) is 3. The number of morpholine rings is 2. The predicted octanol–water partition coefficient (Wildman–Crippen LogP) is 13.7. The Labute approximate surface area is 685 Å². The number of aliphatic imine (C=N–C) groups is 2. The third-order valence-corrected chi connectivity index (χ3v) is 22.1. The number of piperazine rings is 1. The molecule has 0 radical (unpaired) electrons. The highest BCUT2D eigenvalue weighted by molar-refractivity contribution is 6.08. The van der Waals surface area contributed by atoms with E-state index in [0.29, 0.717) is 158 Å². The molecule has 18 rings (SSSR count). The molecule has 0 unspecified atom stereocenters. The van der Waals surface area contributed by atoms with Gasteiger partial charge in [0.25, 0.3) is 0 Å². The van der Waals surface area contributed by atoms with Crippen molar-refractivity contribution in [3.63, 3.8) is 0 Å². The van der Waals surface area contributed by atoms with Gasteiger partial charge in [0.1, 0.15) is 94.7 Å². The number of ether oxygens (including phenoxy) is 7. The number of nitrogens with one attached hydrogen (secondary N) is 3. The van der Waals surface area contributed by atoms with Gasteiger partial charge < -0.3 is 73.3 Å². The van der Waals surface area contributed by atoms with Crippen LogP contribution < -0.4 is 39.5 Å². The summed E-state index contributed by atoms with van der Waals surface area (Å²) in [6.07, 6.45) is 10.5. The Morgan fingerprint density at radius 1 is 0.525 bits per heavy atom. The minimum atomic E-state index is -0.544. The molecule has 3 N–H and O–H groups in total. The second-order valence-electron chi connectivity index (χ2n) is 31.3. The zero-order chi connectivity index (χ0) is 81.1. The molecule has 0 spiro atoms. The van der Waals surface area contributed by atoms with Gasteiger partial charge in [0, 0.05) is 144 Å². The Morgan fingerprint density at radius 3 is 1.61 bits per heavy atom. The fraction of sp³-hybridized carbons (Fsp3) is 0.378. The van der Waals surface area contributed by atoms with E-state index >= 15 is 4.39 Å². The molecule has 0 atom stereocenters. The maximum atomic E-state index is 15.1. The van der Waals surface area contributed by atoms with E-state index in [1.165, 1.54) is 18.1 Å². The first-order chi connectivity index (χ1) is 57.6. The minimum Gasteiger partial charge on any atom is -0.489 e. The molecular weight excluding hydrogens is 1490 g/mol. The van der Waals surface area contributed by atoms with Crippen molar-refractivity contribution in [2.45, 2.75) is 96.1 Å². The standard InChI is InChI=1S/C33H35FN6O4.C29H31N7O.C28H28N6O3/c1-33(2,3)44-32(41)40-10-8-24(9-11-40)43-29-7-5-22(16-23(29)19-35)30-31-27(36-20-37-30)18-26(38-31)21-4-6-28(25(34)17-21)39-12-14-42-15-13-39;1-35-12-14-36(15-13-35)23-5-2-20(3-6-23)25-17-26-29(34-25)28(33-19-32-26)21-4-7-27(22(16-21)18-30)37-24-8-10-31-11-9-24;29-18-20-16-19(4-5-25(20)37-23-7-12-35-13-8-23)26-27-24(6-9-30-26)32-28(33-27)31-21-2-1-3-22(17-21)34-10-14-36-15-11-34/h4-7,16-17,20,24H,8-15,18H2,1-3H3;2-7,16,19,24,31H,8-15,17H2,1H3;1-6,9,16-17,23H,7-8,10-15H2,(H2,31,32,33). The molecule has 12 heterocycles. The average Bonchev–Trinajstić information content (AvgIpc) is 1.63. The van der Waals surface area contributed by atoms with E-state index in [-0.39, 0.29) is 30.2 Å². The summed E-state index contributed by atoms with van der Waals surface area (Å²) in [5, 5.41) is 36.3. The quantitative estimate of drug-likeness (QED) is 0.0809. The van der Waals surface area contributed by atoms with Gasteiger partial charge in [0.2, 0.25) is 5.95 Å². The van der Waals surface area contributed by atoms with Gasteiger partial charge in [0.05, 0.1) is 107 Å². The van der Waals surface area contributed by atoms with Gasteiger partial charge in [-0.3, -0.25) is 4.98 Å². The number of benzene rings is 6. The first-order valence-electron chi connectivity index (χ1n) is 40.6. The number of fused-ring (bicyclic) bond motifs is 3. The van der Waals surface area contributed by atoms with Crippen LogP contribution in [0.4, 0.5) is 49.3 Å². The number of likely N-dealkylation sites (N-methyl/N-ethyl adjacent to an activating group) is 1. The molecule has 6 aromatic carbocycles. The molecule has 28 heteroatoms. The SMILES string of the molecule is CC(C)(C)OC(=O)N1CCC(Oc2ccc(-c3ncnc4c3N=C(c3ccc(N5CCOCC5)c(F)c3)C4)cc2C#N)CC1.CN1CCN(c2ccc(C3=Nc4c(ncnc4-c4ccc(OC5CCNCC5)c(C#N)c4)C3)cc2)CC1.N#Cc1cc(-c2nccc3[nH]c(Nc4cccc(N5CCOCC5)c4)nc23)ccc1OC1CCOCC1. The van der Waals surface area contributed by atoms with Gasteiger partial charge in [-0.25, -0.2) is 44.1 Å². The Morgan fingerprint density at radius 2 is 1.04 bits per heavy atom. The van der Waals surface area contributed by atoms with Gasteiger partial charge >= 0.3 is 6.09 Å². The number of hydrogen-bond acceptors (Lipinski definition) is 25. The fourth-order valence-corrected chi connectivity index (χ4v) is 15.7. The number of H-pyrrole nitrogens is 1. The number of carbonyl (C=O) groups is 1. The number of likely N-dealkylation sites (tertiary alicyclic amines) is 1. The van der Waals surface area contributed by atoms with Gasteiger partial charge in [-0.2, -0.15) is 15.8 Å². The summed E-state index contributed by atoms with van der Waals surface area (Å²) in [7, 11) is 2.17. The molecule has 1 amide bonds. The zero-order valence-electron chi connectivity index (χ0n) is 66.8. The topological polar surface area (TPSA) is 311 Å². The number of aromatic amines is 1. The average molecular weight is 1590 g/mol. The Hall–Kier alpha value is -12.5. The third-order valence-electron chi connectivity index (χ3n) is 22.1. The molecule has 0 aliphatic carbocycles. The number of piperidine rings is 2. The van der Waals surface area contributed by atoms with Gasteiger partial charge in [-0.15, -0.1) is 0 Å². The summed E-state index contributed by atoms with van der Waals surface area (Å²) in [6, 6.07) is 47.7. The van der Waals surface area contributed by atoms with E-state index < -0.39 is 5.60 Å². The van der Waals surface area contributed by atoms with Gasteiger partial charge in [-0.05, 0) is 168 Å². The van der Waals surface area contributed by atoms with Crippen LogP contribution in [0.15, 0.2) is 156 Å². The summed E-state index contributed by atoms with van der Waals surface area (Å²) < 4.78 is 55.4. The van der Waals surface area contributed by atoms with Gasteiger partial charge in [-0.1, -0.05) is 24.3 Å². The number of carbonyl (C=O) groups excluding carboxylic acids is 1. The molecule has 4 aromatic heterocycles. The summed E-state index contributed by atoms with van der Waals surface area (Å²) in [6.45, 7) is 19.8. The van der Waals surface area contributed by atoms with E-state index in [0.717, 1.165) is 159 Å². The first kappa shape index (κ1) is 79.4. The summed E-state index contributed by atoms with van der Waals surface area (Å²) in [5.41, 5.74) is 17.4. The second-order valence-corrected chi connectivity index (χ2v) is 31.3. The highest BCUT2D eigenvalue weighted by Gasteiger charge is 2.32. The number of nitrogens with zero attached hydrogens (tertiary/aromatic N) is 16. The number of rotatable bonds is 16. The Kier molecular flexibility index (Phi) is 24.4. The van der Waals surface area contributed by atoms with E-state index in [4.69, 9.17) is 48.1 Å². The molecule has 0 saturated carbocycles. The van der Waals surface area contributed by atoms with Crippen LogP contribution in [0.2, 0.25) is 0 Å². The van der Waals surface area contributed by atoms with Crippen LogP contribution in [-0.4, -0.2) is 211 Å². The number of amides is 1. The maximum Gasteiger partial charge on any atom is 0.410 e. The number of halogens is 1. The van der Waals surface area contributed by atoms with Crippen molar-refractivity contribution in [3.05, 3.63) is 191 Å². The number of aromatic nitrogens is 7. The van der Waals surface area contributed by atoms with Crippen molar-refractivity contribution in [1.82, 2.24) is 50.0 Å². The number of imidazole rings is 1. The largest absolute Gasteiger partial charge is 0.489 e. The van der Waals surface area contributed by atoms with Crippen molar-refractivity contribution < 1.29 is 42.3 Å². The monoisotopic (exact) mass is 1590 g/mol. The van der Waals surface area contributed by atoms with Crippen LogP contribution in [0.5, 0.6) is 17.2 Å². The summed E-state index contributed by atoms with van der Waals surface area (Å²) in [5.74, 6) is 2.04. The van der Waals surface area contributed by atoms with Crippen molar-refractivity contribution >= 4 is 68.6 Å². The van der Waals surface area contributed by atoms with Crippen molar-refractivity contribution in [1.29, 1.82) is 15.8 Å². The highest BCUT2D eigenvalue weighted by Crippen LogP contribution is 2.42. The first-order valence-corrected chi connectivity index (χ1v) is 40.6. The Bertz CT molecular complexity index is 5480. The number of pyridine rings is 1. The molecule has 118 heavy (non-hydrogen) atoms. The maximum absolute atomic E-state index is 15.1. The van der Waals surface area contributed by atoms with Crippen LogP contribution in [0, 0.1) is 39.8 Å². The lowest BCUT2D eigenvalue weighted by molar-refractivity contribution is 0.0126. The number of nitriles is 3. The smallest absolute Gasteiger partial charge is 0.410 e. The molecule has 27 nitrogen and oxygen atoms in total. The lowest BCUT2D eigenvalue weighted by atomic mass is 10.0. The van der Waals surface area contributed by atoms with Crippen LogP contribution in [0.3, 0.4) is 0 Å². The Balaban J connectivity index is 0.000000133. The van der Waals surface area contributed by atoms with Gasteiger partial charge in [0.15, 0.2) is 0 Å². The third kappa shape index (κ3) is 18.8. The predicted molar refractivity (Wildman–Crippen MR) is 449 cm³/mol. The zero-order valence-corrected chi connectivity index (χ0v) is 66.8. The van der Waals surface area contributed by atoms with Crippen LogP contribution >= 0.6 is 0 Å². The molecule has 6 fully saturated rings. The van der Waals surface area contributed by atoms with Crippen LogP contribution in [0.25, 0.3) is 44.8 Å². The van der Waals surface area contributed by atoms with Crippen molar-refractivity contribution in [2.75, 3.05) is 145 Å². The summed E-state index contributed by atoms with van der Waals surface area (Å²) >= 11 is 0. The molecule has 8 aliphatic rings. The van der Waals surface area contributed by atoms with E-state index in [1.54, 1.807) is 35.6 Å². The molecule has 8 aliphatic heterocycles. The van der Waals surface area contributed by atoms with E-state index in [9.17, 15) is 20.6 Å². The summed E-state index contributed by atoms with van der Waals surface area (Å²) in [4.78, 5) is 63.8. The molecule has 604 valence electrons. The van der Waals surface area contributed by atoms with Crippen LogP contribution in [-0.2, 0) is 31.8 Å². The normalized spacial score (nSPS) is 17.3. The molecular formula is C90H94FN19O8. The second kappa shape index (κ2) is 36.4. The fourth-order valence-electron chi connectivity index (χ4n) is 15.7. The molecule has 6 saturated heterocycles. The minimum absolute atomic E-state index is 0.0648. The molecule has 10 aromatic rings.